The number of rotatable bonds is 4. The molecule has 8 nitrogen and oxygen atoms in total. The molecule has 2 aliphatic rings. The third kappa shape index (κ3) is 2.29. The average Bonchev–Trinajstić information content (AvgIpc) is 3.14. The molecule has 23 heavy (non-hydrogen) atoms. The summed E-state index contributed by atoms with van der Waals surface area (Å²) in [6, 6.07) is 1.88. The van der Waals surface area contributed by atoms with Crippen LogP contribution in [0.5, 0.6) is 0 Å². The summed E-state index contributed by atoms with van der Waals surface area (Å²) in [5.41, 5.74) is 0.835. The van der Waals surface area contributed by atoms with Gasteiger partial charge in [-0.1, -0.05) is 0 Å². The fraction of sp³-hybridized carbons (Fsp3) is 0.600. The second-order valence-corrected chi connectivity index (χ2v) is 6.17. The molecule has 2 aromatic rings. The van der Waals surface area contributed by atoms with Gasteiger partial charge in [-0.25, -0.2) is 4.98 Å². The van der Waals surface area contributed by atoms with Crippen LogP contribution in [0.15, 0.2) is 12.3 Å². The summed E-state index contributed by atoms with van der Waals surface area (Å²) in [7, 11) is 1.67. The predicted octanol–water partition coefficient (Wildman–Crippen LogP) is 0.212. The number of aryl methyl sites for hydroxylation is 1. The van der Waals surface area contributed by atoms with E-state index in [2.05, 4.69) is 20.5 Å². The predicted molar refractivity (Wildman–Crippen MR) is 80.0 cm³/mol. The summed E-state index contributed by atoms with van der Waals surface area (Å²) in [5.74, 6) is 1.000. The standard InChI is InChI=1S/C15H19N5O3/c1-8-3-5-20-13(18-19-15(20)16-8)14(21)17-11-9-4-6-23-12(9)10(11)7-22-2/h3,5,9-12H,4,6-7H2,1-2H3,(H,17,21)/t9-,10+,11-,12-/m1/s1. The van der Waals surface area contributed by atoms with Crippen LogP contribution in [0.1, 0.15) is 22.7 Å². The Balaban J connectivity index is 1.54. The van der Waals surface area contributed by atoms with Crippen LogP contribution in [0.25, 0.3) is 5.78 Å². The summed E-state index contributed by atoms with van der Waals surface area (Å²) < 4.78 is 12.6. The van der Waals surface area contributed by atoms with Crippen LogP contribution < -0.4 is 5.32 Å². The van der Waals surface area contributed by atoms with Crippen molar-refractivity contribution in [2.75, 3.05) is 20.3 Å². The van der Waals surface area contributed by atoms with Crippen molar-refractivity contribution in [2.45, 2.75) is 25.5 Å². The van der Waals surface area contributed by atoms with Gasteiger partial charge in [0.15, 0.2) is 0 Å². The largest absolute Gasteiger partial charge is 0.384 e. The summed E-state index contributed by atoms with van der Waals surface area (Å²) in [6.45, 7) is 3.20. The molecule has 0 bridgehead atoms. The van der Waals surface area contributed by atoms with Gasteiger partial charge in [0.05, 0.1) is 12.7 Å². The van der Waals surface area contributed by atoms with Gasteiger partial charge in [0.2, 0.25) is 5.82 Å². The van der Waals surface area contributed by atoms with E-state index in [1.807, 2.05) is 13.0 Å². The molecule has 2 aromatic heterocycles. The van der Waals surface area contributed by atoms with Crippen molar-refractivity contribution in [3.05, 3.63) is 23.8 Å². The number of amides is 1. The fourth-order valence-electron chi connectivity index (χ4n) is 3.68. The number of carbonyl (C=O) groups excluding carboxylic acids is 1. The van der Waals surface area contributed by atoms with E-state index in [0.29, 0.717) is 18.3 Å². The Labute approximate surface area is 133 Å². The molecule has 0 radical (unpaired) electrons. The second-order valence-electron chi connectivity index (χ2n) is 6.17. The highest BCUT2D eigenvalue weighted by molar-refractivity contribution is 5.91. The Hall–Kier alpha value is -2.06. The molecule has 0 unspecified atom stereocenters. The lowest BCUT2D eigenvalue weighted by atomic mass is 9.67. The van der Waals surface area contributed by atoms with Gasteiger partial charge < -0.3 is 14.8 Å². The summed E-state index contributed by atoms with van der Waals surface area (Å²) >= 11 is 0. The molecule has 8 heteroatoms. The Morgan fingerprint density at radius 3 is 3.22 bits per heavy atom. The SMILES string of the molecule is COC[C@H]1[C@H](NC(=O)c2nnc3nc(C)ccn23)[C@H]2CCO[C@H]21. The van der Waals surface area contributed by atoms with Crippen LogP contribution in [0.3, 0.4) is 0 Å². The summed E-state index contributed by atoms with van der Waals surface area (Å²) in [5, 5.41) is 11.0. The van der Waals surface area contributed by atoms with E-state index in [9.17, 15) is 4.79 Å². The van der Waals surface area contributed by atoms with E-state index in [1.165, 1.54) is 0 Å². The number of methoxy groups -OCH3 is 1. The van der Waals surface area contributed by atoms with Crippen LogP contribution in [0.4, 0.5) is 0 Å². The van der Waals surface area contributed by atoms with Crippen LogP contribution in [-0.2, 0) is 9.47 Å². The maximum Gasteiger partial charge on any atom is 0.289 e. The van der Waals surface area contributed by atoms with Crippen LogP contribution in [-0.4, -0.2) is 58.0 Å². The molecule has 1 aliphatic heterocycles. The first-order chi connectivity index (χ1) is 11.2. The number of aromatic nitrogens is 4. The topological polar surface area (TPSA) is 90.6 Å². The molecular formula is C15H19N5O3. The highest BCUT2D eigenvalue weighted by Crippen LogP contribution is 2.43. The Kier molecular flexibility index (Phi) is 3.50. The minimum atomic E-state index is -0.236. The van der Waals surface area contributed by atoms with Crippen molar-refractivity contribution in [2.24, 2.45) is 11.8 Å². The van der Waals surface area contributed by atoms with E-state index in [4.69, 9.17) is 9.47 Å². The van der Waals surface area contributed by atoms with E-state index >= 15 is 0 Å². The van der Waals surface area contributed by atoms with Gasteiger partial charge in [-0.15, -0.1) is 10.2 Å². The summed E-state index contributed by atoms with van der Waals surface area (Å²) in [4.78, 5) is 16.9. The zero-order chi connectivity index (χ0) is 16.0. The smallest absolute Gasteiger partial charge is 0.289 e. The lowest BCUT2D eigenvalue weighted by Gasteiger charge is -2.47. The molecule has 1 saturated carbocycles. The maximum atomic E-state index is 12.6. The van der Waals surface area contributed by atoms with Crippen molar-refractivity contribution in [3.63, 3.8) is 0 Å². The van der Waals surface area contributed by atoms with E-state index in [0.717, 1.165) is 18.7 Å². The van der Waals surface area contributed by atoms with Gasteiger partial charge in [-0.05, 0) is 19.4 Å². The highest BCUT2D eigenvalue weighted by atomic mass is 16.5. The monoisotopic (exact) mass is 317 g/mol. The number of fused-ring (bicyclic) bond motifs is 2. The lowest BCUT2D eigenvalue weighted by molar-refractivity contribution is -0.0810. The number of carbonyl (C=O) groups is 1. The van der Waals surface area contributed by atoms with Crippen molar-refractivity contribution in [1.82, 2.24) is 24.9 Å². The molecule has 0 spiro atoms. The third-order valence-electron chi connectivity index (χ3n) is 4.81. The first-order valence-corrected chi connectivity index (χ1v) is 7.79. The van der Waals surface area contributed by atoms with Crippen LogP contribution >= 0.6 is 0 Å². The molecule has 122 valence electrons. The van der Waals surface area contributed by atoms with Crippen molar-refractivity contribution < 1.29 is 14.3 Å². The van der Waals surface area contributed by atoms with Crippen molar-refractivity contribution in [3.8, 4) is 0 Å². The molecule has 1 N–H and O–H groups in total. The Bertz CT molecular complexity index is 746. The van der Waals surface area contributed by atoms with Gasteiger partial charge in [-0.2, -0.15) is 0 Å². The van der Waals surface area contributed by atoms with Gasteiger partial charge in [0, 0.05) is 43.5 Å². The average molecular weight is 317 g/mol. The molecule has 1 aliphatic carbocycles. The van der Waals surface area contributed by atoms with Crippen LogP contribution in [0.2, 0.25) is 0 Å². The molecule has 4 atom stereocenters. The summed E-state index contributed by atoms with van der Waals surface area (Å²) in [6.07, 6.45) is 2.93. The number of nitrogens with zero attached hydrogens (tertiary/aromatic N) is 4. The third-order valence-corrected chi connectivity index (χ3v) is 4.81. The van der Waals surface area contributed by atoms with Crippen molar-refractivity contribution in [1.29, 1.82) is 0 Å². The van der Waals surface area contributed by atoms with Gasteiger partial charge in [-0.3, -0.25) is 9.20 Å². The molecule has 0 aromatic carbocycles. The Morgan fingerprint density at radius 1 is 1.52 bits per heavy atom. The Morgan fingerprint density at radius 2 is 2.39 bits per heavy atom. The minimum Gasteiger partial charge on any atom is -0.384 e. The molecule has 2 fully saturated rings. The van der Waals surface area contributed by atoms with Gasteiger partial charge in [0.1, 0.15) is 0 Å². The lowest BCUT2D eigenvalue weighted by Crippen LogP contribution is -2.62. The van der Waals surface area contributed by atoms with Crippen molar-refractivity contribution >= 4 is 11.7 Å². The molecule has 3 heterocycles. The molecular weight excluding hydrogens is 298 g/mol. The van der Waals surface area contributed by atoms with E-state index < -0.39 is 0 Å². The first kappa shape index (κ1) is 14.5. The highest BCUT2D eigenvalue weighted by Gasteiger charge is 2.54. The number of nitrogens with one attached hydrogen (secondary N) is 1. The fourth-order valence-corrected chi connectivity index (χ4v) is 3.68. The quantitative estimate of drug-likeness (QED) is 0.867. The maximum absolute atomic E-state index is 12.6. The van der Waals surface area contributed by atoms with Gasteiger partial charge in [0.25, 0.3) is 11.7 Å². The van der Waals surface area contributed by atoms with Crippen LogP contribution in [0, 0.1) is 18.8 Å². The molecule has 1 saturated heterocycles. The van der Waals surface area contributed by atoms with E-state index in [1.54, 1.807) is 17.7 Å². The zero-order valence-corrected chi connectivity index (χ0v) is 13.1. The molecule has 1 amide bonds. The molecule has 4 rings (SSSR count). The number of hydrogen-bond acceptors (Lipinski definition) is 6. The zero-order valence-electron chi connectivity index (χ0n) is 13.1. The number of hydrogen-bond donors (Lipinski definition) is 1. The minimum absolute atomic E-state index is 0.0562. The first-order valence-electron chi connectivity index (χ1n) is 7.79. The normalized spacial score (nSPS) is 29.3. The van der Waals surface area contributed by atoms with Gasteiger partial charge >= 0.3 is 0 Å². The second kappa shape index (κ2) is 5.54. The number of ether oxygens (including phenoxy) is 2. The van der Waals surface area contributed by atoms with E-state index in [-0.39, 0.29) is 29.8 Å².